The number of carbonyl (C=O) groups excluding carboxylic acids is 10. The number of ketones is 1. The van der Waals surface area contributed by atoms with Crippen LogP contribution in [-0.4, -0.2) is 194 Å². The van der Waals surface area contributed by atoms with Crippen molar-refractivity contribution < 1.29 is 76.4 Å². The number of Topliss-reactive ketones (excluding diaryl/α,β-unsaturated/α-hetero) is 1. The number of thioether (sulfide) groups is 2. The second-order valence-electron chi connectivity index (χ2n) is 9.19. The molecule has 0 rings (SSSR count). The summed E-state index contributed by atoms with van der Waals surface area (Å²) >= 11 is 11.4. The van der Waals surface area contributed by atoms with Gasteiger partial charge in [-0.05, 0) is 50.8 Å². The Hall–Kier alpha value is -5.62. The lowest BCUT2D eigenvalue weighted by Gasteiger charge is -1.95. The third-order valence-corrected chi connectivity index (χ3v) is 5.96. The Labute approximate surface area is 411 Å². The Balaban J connectivity index is -0.0000000483. The van der Waals surface area contributed by atoms with Crippen molar-refractivity contribution in [2.45, 2.75) is 41.5 Å². The second-order valence-corrected chi connectivity index (χ2v) is 11.5. The highest BCUT2D eigenvalue weighted by atomic mass is 32.2. The van der Waals surface area contributed by atoms with Gasteiger partial charge in [0.15, 0.2) is 0 Å². The van der Waals surface area contributed by atoms with Crippen molar-refractivity contribution in [3.05, 3.63) is 0 Å². The number of ether oxygens (including phenoxy) is 6. The summed E-state index contributed by atoms with van der Waals surface area (Å²) in [6.07, 6.45) is 2.66. The Morgan fingerprint density at radius 3 is 0.545 bits per heavy atom. The van der Waals surface area contributed by atoms with Gasteiger partial charge in [-0.15, -0.1) is 0 Å². The first kappa shape index (κ1) is 91.0. The van der Waals surface area contributed by atoms with Crippen LogP contribution in [0.3, 0.4) is 0 Å². The van der Waals surface area contributed by atoms with Crippen LogP contribution in [0.2, 0.25) is 0 Å². The van der Waals surface area contributed by atoms with Gasteiger partial charge in [-0.2, -0.15) is 0 Å². The molecule has 0 heterocycles. The fourth-order valence-electron chi connectivity index (χ4n) is 0.737. The van der Waals surface area contributed by atoms with Crippen LogP contribution >= 0.6 is 48.0 Å². The smallest absolute Gasteiger partial charge is 0.406 e. The molecule has 0 atom stereocenters. The number of esters is 2. The van der Waals surface area contributed by atoms with Gasteiger partial charge in [0.25, 0.3) is 20.8 Å². The molecule has 0 aromatic rings. The first-order chi connectivity index (χ1) is 30.5. The monoisotopic (exact) mass is 1040 g/mol. The van der Waals surface area contributed by atoms with Gasteiger partial charge in [0.2, 0.25) is 11.8 Å². The molecule has 0 aliphatic heterocycles. The van der Waals surface area contributed by atoms with Crippen molar-refractivity contribution in [2.75, 3.05) is 126 Å². The molecule has 396 valence electrons. The molecule has 26 nitrogen and oxygen atoms in total. The van der Waals surface area contributed by atoms with Gasteiger partial charge >= 0.3 is 30.2 Å². The van der Waals surface area contributed by atoms with Crippen LogP contribution in [0.5, 0.6) is 0 Å². The maximum Gasteiger partial charge on any atom is 0.406 e. The summed E-state index contributed by atoms with van der Waals surface area (Å²) in [5.74, 6) is -0.315. The molecule has 0 aromatic heterocycles. The van der Waals surface area contributed by atoms with Crippen molar-refractivity contribution in [2.24, 2.45) is 0 Å². The van der Waals surface area contributed by atoms with E-state index in [9.17, 15) is 47.9 Å². The molecular formula is C36H82N10O16S4. The largest absolute Gasteiger partial charge is 0.474 e. The standard InChI is InChI=1S/C3H8N2O.2C3H7NO2.4C3H7NOS.2C3H7NO.2C3H6O2.C3H6O/c1-4-3(6)5-2;4*1-4-3(5)6-2;2*1-4-3(6)5-2;2*1-3(5)4-2;2*1-3(4)5-2;1-3(2)4/h1-2H3,(H2,4,5,6);4*1-2H3,(H,4,5);2*1-2H3,(H,4,6);2*1-2H3,(H,4,5);2*1-2H3;1-2H3. The number of alkyl carbamates (subject to hydrolysis) is 2. The van der Waals surface area contributed by atoms with Crippen molar-refractivity contribution in [3.63, 3.8) is 0 Å². The molecule has 0 spiro atoms. The number of thiocarbonyl (C=S) groups is 2. The van der Waals surface area contributed by atoms with Gasteiger partial charge in [0, 0.05) is 98.2 Å². The molecule has 0 saturated carbocycles. The number of nitrogens with one attached hydrogen (secondary N) is 10. The lowest BCUT2D eigenvalue weighted by molar-refractivity contribution is -0.138. The molecule has 30 heteroatoms. The maximum absolute atomic E-state index is 10.0. The number of methoxy groups -OCH3 is 6. The number of urea groups is 1. The van der Waals surface area contributed by atoms with Crippen LogP contribution in [0.25, 0.3) is 0 Å². The maximum atomic E-state index is 10.0. The fourth-order valence-corrected chi connectivity index (χ4v) is 1.15. The van der Waals surface area contributed by atoms with E-state index in [1.165, 1.54) is 122 Å². The number of amides is 8. The predicted molar refractivity (Wildman–Crippen MR) is 271 cm³/mol. The van der Waals surface area contributed by atoms with Crippen LogP contribution in [0.1, 0.15) is 41.5 Å². The molecule has 0 bridgehead atoms. The first-order valence-electron chi connectivity index (χ1n) is 17.8. The third-order valence-electron chi connectivity index (χ3n) is 4.07. The number of hydrogen-bond donors (Lipinski definition) is 10. The Bertz CT molecular complexity index is 969. The summed E-state index contributed by atoms with van der Waals surface area (Å²) in [5.41, 5.74) is 0. The van der Waals surface area contributed by atoms with E-state index in [0.29, 0.717) is 10.3 Å². The highest BCUT2D eigenvalue weighted by Gasteiger charge is 1.87. The van der Waals surface area contributed by atoms with Gasteiger partial charge < -0.3 is 86.4 Å². The lowest BCUT2D eigenvalue weighted by Crippen LogP contribution is -2.28. The van der Waals surface area contributed by atoms with Crippen LogP contribution < -0.4 is 53.2 Å². The van der Waals surface area contributed by atoms with Gasteiger partial charge in [-0.3, -0.25) is 28.8 Å². The molecule has 0 aromatic carbocycles. The van der Waals surface area contributed by atoms with E-state index in [1.807, 2.05) is 0 Å². The second kappa shape index (κ2) is 86.5. The molecule has 0 unspecified atom stereocenters. The van der Waals surface area contributed by atoms with Crippen molar-refractivity contribution >= 4 is 117 Å². The topological polar surface area (TPSA) is 346 Å². The summed E-state index contributed by atoms with van der Waals surface area (Å²) in [6.45, 7) is 8.72. The molecule has 10 N–H and O–H groups in total. The van der Waals surface area contributed by atoms with Gasteiger partial charge in [0.05, 0.1) is 42.7 Å². The average Bonchev–Trinajstić information content (AvgIpc) is 3.33. The number of rotatable bonds is 0. The molecular weight excluding hydrogens is 957 g/mol. The highest BCUT2D eigenvalue weighted by molar-refractivity contribution is 8.13. The summed E-state index contributed by atoms with van der Waals surface area (Å²) in [6, 6.07) is -0.157. The van der Waals surface area contributed by atoms with E-state index in [0.717, 1.165) is 0 Å². The quantitative estimate of drug-likeness (QED) is 0.0936. The van der Waals surface area contributed by atoms with E-state index in [4.69, 9.17) is 0 Å². The van der Waals surface area contributed by atoms with E-state index in [-0.39, 0.29) is 46.0 Å². The Morgan fingerprint density at radius 1 is 0.348 bits per heavy atom. The SMILES string of the molecule is CC(C)=O.CNC(=O)NC.CNC(=O)OC.CNC(=O)OC.CNC(=O)SC.CNC(=O)SC.CNC(=S)OC.CNC(=S)OC.CNC(C)=O.CNC(C)=O.COC(C)=O.COC(C)=O. The zero-order chi connectivity index (χ0) is 55.7. The fraction of sp³-hybridized carbons (Fsp3) is 0.667. The Kier molecular flexibility index (Phi) is 119. The van der Waals surface area contributed by atoms with E-state index < -0.39 is 12.2 Å². The first-order valence-corrected chi connectivity index (χ1v) is 21.1. The lowest BCUT2D eigenvalue weighted by atomic mass is 10.6. The van der Waals surface area contributed by atoms with Crippen LogP contribution in [0.15, 0.2) is 0 Å². The van der Waals surface area contributed by atoms with Crippen molar-refractivity contribution in [1.82, 2.24) is 53.2 Å². The number of carbonyl (C=O) groups is 10. The summed E-state index contributed by atoms with van der Waals surface area (Å²) in [5, 5.41) is 25.0. The minimum atomic E-state index is -0.407. The zero-order valence-corrected chi connectivity index (χ0v) is 46.4. The van der Waals surface area contributed by atoms with Gasteiger partial charge in [0.1, 0.15) is 5.78 Å². The van der Waals surface area contributed by atoms with Crippen LogP contribution in [0, 0.1) is 0 Å². The van der Waals surface area contributed by atoms with Gasteiger partial charge in [-0.1, -0.05) is 23.5 Å². The summed E-state index contributed by atoms with van der Waals surface area (Å²) in [7, 11) is 24.4. The van der Waals surface area contributed by atoms with E-state index in [2.05, 4.69) is 106 Å². The minimum Gasteiger partial charge on any atom is -0.474 e. The highest BCUT2D eigenvalue weighted by Crippen LogP contribution is 1.89. The van der Waals surface area contributed by atoms with Crippen molar-refractivity contribution in [3.8, 4) is 0 Å². The zero-order valence-electron chi connectivity index (χ0n) is 43.2. The van der Waals surface area contributed by atoms with Crippen molar-refractivity contribution in [1.29, 1.82) is 0 Å². The molecule has 0 saturated heterocycles. The Morgan fingerprint density at radius 2 is 0.545 bits per heavy atom. The molecule has 0 aliphatic rings. The summed E-state index contributed by atoms with van der Waals surface area (Å²) in [4.78, 5) is 97.7. The van der Waals surface area contributed by atoms with Crippen LogP contribution in [0.4, 0.5) is 24.0 Å². The molecule has 8 amide bonds. The third kappa shape index (κ3) is 208. The normalized spacial score (nSPS) is 7.03. The molecule has 0 radical (unpaired) electrons. The molecule has 0 fully saturated rings. The molecule has 66 heavy (non-hydrogen) atoms. The minimum absolute atomic E-state index is 0.00463. The van der Waals surface area contributed by atoms with Gasteiger partial charge in [-0.25, -0.2) is 14.4 Å². The number of hydrogen-bond acceptors (Lipinski definition) is 20. The van der Waals surface area contributed by atoms with Crippen LogP contribution in [-0.2, 0) is 52.4 Å². The summed E-state index contributed by atoms with van der Waals surface area (Å²) < 4.78 is 25.6. The van der Waals surface area contributed by atoms with E-state index in [1.54, 1.807) is 68.9 Å². The molecule has 0 aliphatic carbocycles. The predicted octanol–water partition coefficient (Wildman–Crippen LogP) is 1.60. The van der Waals surface area contributed by atoms with E-state index >= 15 is 0 Å². The average molecular weight is 1040 g/mol.